The van der Waals surface area contributed by atoms with Crippen LogP contribution in [0.3, 0.4) is 0 Å². The molecule has 1 N–H and O–H groups in total. The van der Waals surface area contributed by atoms with Gasteiger partial charge >= 0.3 is 0 Å². The topological polar surface area (TPSA) is 54.4 Å². The summed E-state index contributed by atoms with van der Waals surface area (Å²) in [6.07, 6.45) is 12.5. The molecular formula is C17H17O3S+. The number of hydrogen-bond donors (Lipinski definition) is 1. The fourth-order valence-corrected chi connectivity index (χ4v) is 3.04. The standard InChI is InChI=1S/C17H16O3S/c18-16(11-7-10-15-8-3-1-4-9-15)14-21(19,20)17-12-5-2-6-13-17/h1-6,8-10,12-14H,7,11H2/p+1/b16-14-. The Balaban J connectivity index is 1.98. The van der Waals surface area contributed by atoms with Gasteiger partial charge in [-0.2, -0.15) is 0 Å². The zero-order chi connectivity index (χ0) is 15.1. The molecule has 0 aliphatic heterocycles. The molecule has 0 amide bonds. The summed E-state index contributed by atoms with van der Waals surface area (Å²) in [4.78, 5) is 0.184. The van der Waals surface area contributed by atoms with E-state index in [4.69, 9.17) is 0 Å². The van der Waals surface area contributed by atoms with Crippen molar-refractivity contribution in [1.29, 1.82) is 0 Å². The number of allylic oxidation sites excluding steroid dienone is 7. The molecule has 108 valence electrons. The summed E-state index contributed by atoms with van der Waals surface area (Å²) >= 11 is 0. The Hall–Kier alpha value is -2.20. The maximum Gasteiger partial charge on any atom is 0.203 e. The van der Waals surface area contributed by atoms with Crippen LogP contribution in [0.2, 0.25) is 0 Å². The predicted octanol–water partition coefficient (Wildman–Crippen LogP) is 3.90. The molecule has 0 unspecified atom stereocenters. The molecule has 1 aromatic carbocycles. The van der Waals surface area contributed by atoms with Crippen LogP contribution in [0, 0.1) is 6.42 Å². The van der Waals surface area contributed by atoms with E-state index in [1.807, 2.05) is 36.8 Å². The van der Waals surface area contributed by atoms with E-state index in [0.29, 0.717) is 12.8 Å². The highest BCUT2D eigenvalue weighted by atomic mass is 32.2. The summed E-state index contributed by atoms with van der Waals surface area (Å²) in [5.41, 5.74) is 1.05. The SMILES string of the molecule is O=S(=O)(/C=C(\O)CC/C=C1/C=CC=C[CH+]1)c1ccccc1. The van der Waals surface area contributed by atoms with E-state index in [-0.39, 0.29) is 10.7 Å². The maximum absolute atomic E-state index is 12.0. The Kier molecular flexibility index (Phi) is 5.06. The molecule has 0 saturated carbocycles. The van der Waals surface area contributed by atoms with Crippen LogP contribution in [0.1, 0.15) is 12.8 Å². The van der Waals surface area contributed by atoms with E-state index in [2.05, 4.69) is 0 Å². The third-order valence-electron chi connectivity index (χ3n) is 2.94. The second-order valence-corrected chi connectivity index (χ2v) is 6.42. The zero-order valence-corrected chi connectivity index (χ0v) is 12.3. The number of benzene rings is 1. The van der Waals surface area contributed by atoms with Gasteiger partial charge in [-0.25, -0.2) is 8.42 Å². The number of sulfone groups is 1. The lowest BCUT2D eigenvalue weighted by atomic mass is 10.1. The van der Waals surface area contributed by atoms with Crippen molar-refractivity contribution >= 4 is 9.84 Å². The largest absolute Gasteiger partial charge is 0.512 e. The third-order valence-corrected chi connectivity index (χ3v) is 4.45. The lowest BCUT2D eigenvalue weighted by Gasteiger charge is -2.00. The van der Waals surface area contributed by atoms with Crippen LogP contribution in [0.5, 0.6) is 0 Å². The van der Waals surface area contributed by atoms with Crippen LogP contribution in [0.4, 0.5) is 0 Å². The minimum atomic E-state index is -3.58. The van der Waals surface area contributed by atoms with E-state index in [0.717, 1.165) is 11.0 Å². The molecule has 0 heterocycles. The Morgan fingerprint density at radius 3 is 2.62 bits per heavy atom. The Labute approximate surface area is 125 Å². The third kappa shape index (κ3) is 4.68. The average Bonchev–Trinajstić information content (AvgIpc) is 2.49. The Bertz CT molecular complexity index is 693. The summed E-state index contributed by atoms with van der Waals surface area (Å²) in [6, 6.07) is 8.07. The molecule has 0 radical (unpaired) electrons. The first-order valence-corrected chi connectivity index (χ1v) is 8.20. The Morgan fingerprint density at radius 2 is 1.95 bits per heavy atom. The normalized spacial score (nSPS) is 17.0. The van der Waals surface area contributed by atoms with E-state index < -0.39 is 9.84 Å². The van der Waals surface area contributed by atoms with Gasteiger partial charge in [0.2, 0.25) is 9.84 Å². The second-order valence-electron chi connectivity index (χ2n) is 4.62. The van der Waals surface area contributed by atoms with Crippen molar-refractivity contribution in [3.63, 3.8) is 0 Å². The highest BCUT2D eigenvalue weighted by Gasteiger charge is 2.12. The quantitative estimate of drug-likeness (QED) is 0.663. The molecule has 0 fully saturated rings. The Morgan fingerprint density at radius 1 is 1.19 bits per heavy atom. The summed E-state index contributed by atoms with van der Waals surface area (Å²) < 4.78 is 24.1. The van der Waals surface area contributed by atoms with Gasteiger partial charge < -0.3 is 5.11 Å². The first-order valence-electron chi connectivity index (χ1n) is 6.66. The molecule has 1 aromatic rings. The molecule has 1 aliphatic rings. The molecule has 0 atom stereocenters. The first kappa shape index (κ1) is 15.2. The van der Waals surface area contributed by atoms with Crippen LogP contribution in [-0.4, -0.2) is 13.5 Å². The lowest BCUT2D eigenvalue weighted by Crippen LogP contribution is -1.98. The fourth-order valence-electron chi connectivity index (χ4n) is 1.89. The van der Waals surface area contributed by atoms with Gasteiger partial charge in [0.1, 0.15) is 5.76 Å². The molecule has 2 rings (SSSR count). The molecule has 0 aromatic heterocycles. The summed E-state index contributed by atoms with van der Waals surface area (Å²) in [5.74, 6) is -0.133. The molecule has 3 nitrogen and oxygen atoms in total. The van der Waals surface area contributed by atoms with Crippen molar-refractivity contribution in [3.8, 4) is 0 Å². The smallest absolute Gasteiger partial charge is 0.203 e. The monoisotopic (exact) mass is 301 g/mol. The second kappa shape index (κ2) is 6.99. The predicted molar refractivity (Wildman–Crippen MR) is 84.2 cm³/mol. The zero-order valence-electron chi connectivity index (χ0n) is 11.5. The van der Waals surface area contributed by atoms with E-state index >= 15 is 0 Å². The molecular weight excluding hydrogens is 284 g/mol. The minimum absolute atomic E-state index is 0.133. The fraction of sp³-hybridized carbons (Fsp3) is 0.118. The number of hydrogen-bond acceptors (Lipinski definition) is 3. The first-order chi connectivity index (χ1) is 10.1. The lowest BCUT2D eigenvalue weighted by molar-refractivity contribution is 0.390. The van der Waals surface area contributed by atoms with E-state index in [9.17, 15) is 13.5 Å². The van der Waals surface area contributed by atoms with Gasteiger partial charge in [0.25, 0.3) is 0 Å². The maximum atomic E-state index is 12.0. The van der Waals surface area contributed by atoms with Crippen LogP contribution < -0.4 is 0 Å². The summed E-state index contributed by atoms with van der Waals surface area (Å²) in [5, 5.41) is 10.7. The van der Waals surface area contributed by atoms with E-state index in [1.54, 1.807) is 18.2 Å². The van der Waals surface area contributed by atoms with Gasteiger partial charge in [-0.05, 0) is 18.2 Å². The molecule has 0 saturated heterocycles. The van der Waals surface area contributed by atoms with Gasteiger partial charge in [-0.3, -0.25) is 0 Å². The van der Waals surface area contributed by atoms with Gasteiger partial charge in [-0.15, -0.1) is 0 Å². The summed E-state index contributed by atoms with van der Waals surface area (Å²) in [6.45, 7) is 0. The molecule has 0 bridgehead atoms. The molecule has 1 aliphatic carbocycles. The minimum Gasteiger partial charge on any atom is -0.512 e. The van der Waals surface area contributed by atoms with Crippen LogP contribution in [0.25, 0.3) is 0 Å². The van der Waals surface area contributed by atoms with Gasteiger partial charge in [0, 0.05) is 43.6 Å². The van der Waals surface area contributed by atoms with Crippen molar-refractivity contribution in [3.05, 3.63) is 83.9 Å². The van der Waals surface area contributed by atoms with E-state index in [1.165, 1.54) is 12.1 Å². The van der Waals surface area contributed by atoms with Crippen LogP contribution in [0.15, 0.2) is 82.3 Å². The van der Waals surface area contributed by atoms with Crippen molar-refractivity contribution in [2.24, 2.45) is 0 Å². The number of aliphatic hydroxyl groups is 1. The van der Waals surface area contributed by atoms with Gasteiger partial charge in [0.15, 0.2) is 0 Å². The number of rotatable bonds is 5. The van der Waals surface area contributed by atoms with Gasteiger partial charge in [-0.1, -0.05) is 18.2 Å². The molecule has 21 heavy (non-hydrogen) atoms. The number of aliphatic hydroxyl groups excluding tert-OH is 1. The van der Waals surface area contributed by atoms with Crippen LogP contribution >= 0.6 is 0 Å². The van der Waals surface area contributed by atoms with Crippen molar-refractivity contribution in [2.75, 3.05) is 0 Å². The van der Waals surface area contributed by atoms with Crippen molar-refractivity contribution in [1.82, 2.24) is 0 Å². The van der Waals surface area contributed by atoms with Crippen molar-refractivity contribution < 1.29 is 13.5 Å². The van der Waals surface area contributed by atoms with Crippen LogP contribution in [-0.2, 0) is 9.84 Å². The summed E-state index contributed by atoms with van der Waals surface area (Å²) in [7, 11) is -3.58. The molecule has 4 heteroatoms. The van der Waals surface area contributed by atoms with Gasteiger partial charge in [0.05, 0.1) is 15.9 Å². The van der Waals surface area contributed by atoms with Crippen molar-refractivity contribution in [2.45, 2.75) is 17.7 Å². The average molecular weight is 301 g/mol. The highest BCUT2D eigenvalue weighted by Crippen LogP contribution is 2.16. The molecule has 0 spiro atoms. The highest BCUT2D eigenvalue weighted by molar-refractivity contribution is 7.94.